The highest BCUT2D eigenvalue weighted by Gasteiger charge is 2.46. The van der Waals surface area contributed by atoms with Gasteiger partial charge in [0, 0.05) is 19.0 Å². The molecule has 0 aromatic rings. The molecule has 0 aromatic heterocycles. The lowest BCUT2D eigenvalue weighted by Crippen LogP contribution is -2.50. The zero-order valence-electron chi connectivity index (χ0n) is 9.82. The Morgan fingerprint density at radius 1 is 1.12 bits per heavy atom. The fraction of sp³-hybridized carbons (Fsp3) is 0.923. The zero-order chi connectivity index (χ0) is 11.2. The van der Waals surface area contributed by atoms with Crippen LogP contribution in [0.25, 0.3) is 0 Å². The molecule has 1 amide bonds. The molecule has 1 N–H and O–H groups in total. The van der Waals surface area contributed by atoms with Crippen LogP contribution in [0.5, 0.6) is 0 Å². The smallest absolute Gasteiger partial charge is 0.225 e. The molecular formula is C13H21NO2. The van der Waals surface area contributed by atoms with E-state index in [2.05, 4.69) is 0 Å². The van der Waals surface area contributed by atoms with Gasteiger partial charge in [0.05, 0.1) is 5.60 Å². The van der Waals surface area contributed by atoms with E-state index in [1.807, 2.05) is 4.90 Å². The van der Waals surface area contributed by atoms with Gasteiger partial charge in [-0.2, -0.15) is 0 Å². The Morgan fingerprint density at radius 3 is 2.19 bits per heavy atom. The van der Waals surface area contributed by atoms with E-state index in [0.29, 0.717) is 17.7 Å². The molecule has 3 heteroatoms. The van der Waals surface area contributed by atoms with Gasteiger partial charge in [-0.05, 0) is 44.4 Å². The minimum Gasteiger partial charge on any atom is -0.389 e. The van der Waals surface area contributed by atoms with Gasteiger partial charge in [-0.25, -0.2) is 0 Å². The molecule has 0 atom stereocenters. The number of carbonyl (C=O) groups excluding carboxylic acids is 1. The first-order chi connectivity index (χ1) is 7.69. The van der Waals surface area contributed by atoms with E-state index < -0.39 is 5.60 Å². The predicted molar refractivity (Wildman–Crippen MR) is 60.8 cm³/mol. The number of aliphatic hydroxyl groups is 1. The number of rotatable bonds is 2. The molecule has 2 saturated carbocycles. The number of likely N-dealkylation sites (tertiary alicyclic amines) is 1. The second-order valence-electron chi connectivity index (χ2n) is 5.83. The topological polar surface area (TPSA) is 40.5 Å². The van der Waals surface area contributed by atoms with Crippen LogP contribution in [-0.4, -0.2) is 34.6 Å². The Kier molecular flexibility index (Phi) is 2.46. The van der Waals surface area contributed by atoms with Crippen molar-refractivity contribution in [2.24, 2.45) is 11.8 Å². The molecule has 3 aliphatic rings. The normalized spacial score (nSPS) is 29.9. The average Bonchev–Trinajstić information content (AvgIpc) is 2.99. The number of hydrogen-bond donors (Lipinski definition) is 1. The minimum absolute atomic E-state index is 0.312. The number of hydrogen-bond acceptors (Lipinski definition) is 2. The highest BCUT2D eigenvalue weighted by Crippen LogP contribution is 2.45. The average molecular weight is 223 g/mol. The molecule has 1 aliphatic heterocycles. The van der Waals surface area contributed by atoms with Crippen molar-refractivity contribution in [1.29, 1.82) is 0 Å². The number of amides is 1. The molecule has 2 aliphatic carbocycles. The quantitative estimate of drug-likeness (QED) is 0.771. The van der Waals surface area contributed by atoms with Gasteiger partial charge in [-0.1, -0.05) is 6.42 Å². The van der Waals surface area contributed by atoms with Crippen molar-refractivity contribution >= 4 is 5.91 Å². The molecule has 0 unspecified atom stereocenters. The summed E-state index contributed by atoms with van der Waals surface area (Å²) in [5, 5.41) is 10.4. The molecule has 0 radical (unpaired) electrons. The van der Waals surface area contributed by atoms with E-state index in [1.54, 1.807) is 0 Å². The standard InChI is InChI=1S/C13H21NO2/c15-12(10-2-1-3-10)14-8-6-13(16,7-9-14)11-4-5-11/h10-11,16H,1-9H2. The minimum atomic E-state index is -0.434. The van der Waals surface area contributed by atoms with Gasteiger partial charge in [0.2, 0.25) is 5.91 Å². The Morgan fingerprint density at radius 2 is 1.75 bits per heavy atom. The third-order valence-corrected chi connectivity index (χ3v) is 4.73. The second kappa shape index (κ2) is 3.73. The van der Waals surface area contributed by atoms with Crippen molar-refractivity contribution < 1.29 is 9.90 Å². The van der Waals surface area contributed by atoms with E-state index in [1.165, 1.54) is 19.3 Å². The first-order valence-electron chi connectivity index (χ1n) is 6.70. The van der Waals surface area contributed by atoms with Crippen molar-refractivity contribution in [1.82, 2.24) is 4.90 Å². The molecule has 3 rings (SSSR count). The SMILES string of the molecule is O=C(C1CCC1)N1CCC(O)(C2CC2)CC1. The summed E-state index contributed by atoms with van der Waals surface area (Å²) in [4.78, 5) is 14.0. The molecule has 0 aromatic carbocycles. The van der Waals surface area contributed by atoms with Crippen LogP contribution in [-0.2, 0) is 4.79 Å². The maximum atomic E-state index is 12.0. The van der Waals surface area contributed by atoms with Gasteiger partial charge in [-0.3, -0.25) is 4.79 Å². The summed E-state index contributed by atoms with van der Waals surface area (Å²) in [6.07, 6.45) is 7.37. The third kappa shape index (κ3) is 1.75. The first kappa shape index (κ1) is 10.6. The summed E-state index contributed by atoms with van der Waals surface area (Å²) in [6.45, 7) is 1.56. The van der Waals surface area contributed by atoms with Crippen LogP contribution in [0.3, 0.4) is 0 Å². The monoisotopic (exact) mass is 223 g/mol. The lowest BCUT2D eigenvalue weighted by molar-refractivity contribution is -0.143. The molecule has 3 nitrogen and oxygen atoms in total. The maximum Gasteiger partial charge on any atom is 0.225 e. The van der Waals surface area contributed by atoms with Crippen LogP contribution < -0.4 is 0 Å². The lowest BCUT2D eigenvalue weighted by atomic mass is 9.82. The Bertz CT molecular complexity index is 286. The van der Waals surface area contributed by atoms with Crippen LogP contribution in [0, 0.1) is 11.8 Å². The van der Waals surface area contributed by atoms with Crippen molar-refractivity contribution in [3.63, 3.8) is 0 Å². The maximum absolute atomic E-state index is 12.0. The molecule has 3 fully saturated rings. The van der Waals surface area contributed by atoms with Crippen molar-refractivity contribution in [3.05, 3.63) is 0 Å². The van der Waals surface area contributed by atoms with E-state index in [9.17, 15) is 9.90 Å². The number of carbonyl (C=O) groups is 1. The molecule has 0 spiro atoms. The summed E-state index contributed by atoms with van der Waals surface area (Å²) < 4.78 is 0. The van der Waals surface area contributed by atoms with Gasteiger partial charge < -0.3 is 10.0 Å². The zero-order valence-corrected chi connectivity index (χ0v) is 9.82. The van der Waals surface area contributed by atoms with Crippen molar-refractivity contribution in [2.45, 2.75) is 50.5 Å². The van der Waals surface area contributed by atoms with Gasteiger partial charge in [0.25, 0.3) is 0 Å². The highest BCUT2D eigenvalue weighted by molar-refractivity contribution is 5.79. The molecule has 1 heterocycles. The van der Waals surface area contributed by atoms with Crippen LogP contribution >= 0.6 is 0 Å². The van der Waals surface area contributed by atoms with E-state index in [0.717, 1.165) is 38.8 Å². The Hall–Kier alpha value is -0.570. The van der Waals surface area contributed by atoms with Crippen molar-refractivity contribution in [2.75, 3.05) is 13.1 Å². The largest absolute Gasteiger partial charge is 0.389 e. The predicted octanol–water partition coefficient (Wildman–Crippen LogP) is 1.55. The second-order valence-corrected chi connectivity index (χ2v) is 5.83. The highest BCUT2D eigenvalue weighted by atomic mass is 16.3. The van der Waals surface area contributed by atoms with Gasteiger partial charge in [-0.15, -0.1) is 0 Å². The molecule has 90 valence electrons. The molecule has 1 saturated heterocycles. The van der Waals surface area contributed by atoms with Gasteiger partial charge >= 0.3 is 0 Å². The summed E-state index contributed by atoms with van der Waals surface area (Å²) in [5.41, 5.74) is -0.434. The van der Waals surface area contributed by atoms with Crippen molar-refractivity contribution in [3.8, 4) is 0 Å². The Labute approximate surface area is 96.8 Å². The fourth-order valence-electron chi connectivity index (χ4n) is 3.06. The lowest BCUT2D eigenvalue weighted by Gasteiger charge is -2.41. The van der Waals surface area contributed by atoms with E-state index >= 15 is 0 Å². The summed E-state index contributed by atoms with van der Waals surface area (Å²) >= 11 is 0. The van der Waals surface area contributed by atoms with Crippen LogP contribution in [0.15, 0.2) is 0 Å². The number of piperidine rings is 1. The summed E-state index contributed by atoms with van der Waals surface area (Å²) in [5.74, 6) is 1.20. The van der Waals surface area contributed by atoms with Crippen LogP contribution in [0.1, 0.15) is 44.9 Å². The summed E-state index contributed by atoms with van der Waals surface area (Å²) in [7, 11) is 0. The number of nitrogens with zero attached hydrogens (tertiary/aromatic N) is 1. The molecule has 0 bridgehead atoms. The summed E-state index contributed by atoms with van der Waals surface area (Å²) in [6, 6.07) is 0. The van der Waals surface area contributed by atoms with Gasteiger partial charge in [0.15, 0.2) is 0 Å². The third-order valence-electron chi connectivity index (χ3n) is 4.73. The molecule has 16 heavy (non-hydrogen) atoms. The van der Waals surface area contributed by atoms with Gasteiger partial charge in [0.1, 0.15) is 0 Å². The Balaban J connectivity index is 1.55. The van der Waals surface area contributed by atoms with Crippen LogP contribution in [0.4, 0.5) is 0 Å². The molecular weight excluding hydrogens is 202 g/mol. The first-order valence-corrected chi connectivity index (χ1v) is 6.70. The van der Waals surface area contributed by atoms with Crippen LogP contribution in [0.2, 0.25) is 0 Å². The van der Waals surface area contributed by atoms with E-state index in [4.69, 9.17) is 0 Å². The fourth-order valence-corrected chi connectivity index (χ4v) is 3.06. The van der Waals surface area contributed by atoms with E-state index in [-0.39, 0.29) is 0 Å².